The van der Waals surface area contributed by atoms with Crippen molar-refractivity contribution in [3.63, 3.8) is 0 Å². The number of fused-ring (bicyclic) bond motifs is 5. The SMILES string of the molecule is c1ccc2cc(-c3cc(-c4cccc5ccccc45)nc(-c4ccc(-c5ccc(-n6c7ccccc7c7ccccc76)cc5)cc4)n3)ccc2c1. The topological polar surface area (TPSA) is 30.7 Å². The average molecular weight is 650 g/mol. The Labute approximate surface area is 295 Å². The number of hydrogen-bond donors (Lipinski definition) is 0. The van der Waals surface area contributed by atoms with Crippen LogP contribution in [0.15, 0.2) is 188 Å². The molecule has 0 N–H and O–H groups in total. The maximum Gasteiger partial charge on any atom is 0.160 e. The van der Waals surface area contributed by atoms with Gasteiger partial charge in [0, 0.05) is 33.2 Å². The smallest absolute Gasteiger partial charge is 0.160 e. The van der Waals surface area contributed by atoms with Crippen LogP contribution >= 0.6 is 0 Å². The highest BCUT2D eigenvalue weighted by atomic mass is 15.0. The van der Waals surface area contributed by atoms with Crippen LogP contribution in [0.5, 0.6) is 0 Å². The third-order valence-electron chi connectivity index (χ3n) is 10.0. The van der Waals surface area contributed by atoms with E-state index in [1.165, 1.54) is 43.4 Å². The van der Waals surface area contributed by atoms with Gasteiger partial charge in [-0.2, -0.15) is 0 Å². The van der Waals surface area contributed by atoms with Gasteiger partial charge in [0.05, 0.1) is 22.4 Å². The van der Waals surface area contributed by atoms with E-state index in [0.717, 1.165) is 44.9 Å². The summed E-state index contributed by atoms with van der Waals surface area (Å²) in [5, 5.41) is 7.30. The Morgan fingerprint density at radius 1 is 0.333 bits per heavy atom. The zero-order valence-electron chi connectivity index (χ0n) is 27.7. The molecule has 2 aromatic heterocycles. The van der Waals surface area contributed by atoms with E-state index >= 15 is 0 Å². The lowest BCUT2D eigenvalue weighted by Gasteiger charge is -2.12. The molecule has 2 heterocycles. The predicted octanol–water partition coefficient (Wildman–Crippen LogP) is 12.5. The van der Waals surface area contributed by atoms with Crippen molar-refractivity contribution in [1.82, 2.24) is 14.5 Å². The van der Waals surface area contributed by atoms with Crippen molar-refractivity contribution < 1.29 is 0 Å². The number of nitrogens with zero attached hydrogens (tertiary/aromatic N) is 3. The third-order valence-corrected chi connectivity index (χ3v) is 10.0. The second-order valence-electron chi connectivity index (χ2n) is 13.0. The number of para-hydroxylation sites is 2. The van der Waals surface area contributed by atoms with E-state index in [2.05, 4.69) is 193 Å². The van der Waals surface area contributed by atoms with Gasteiger partial charge in [0.25, 0.3) is 0 Å². The van der Waals surface area contributed by atoms with Crippen molar-refractivity contribution in [1.29, 1.82) is 0 Å². The maximum atomic E-state index is 5.19. The summed E-state index contributed by atoms with van der Waals surface area (Å²) in [5.41, 5.74) is 10.8. The first kappa shape index (κ1) is 29.1. The molecule has 51 heavy (non-hydrogen) atoms. The van der Waals surface area contributed by atoms with E-state index in [1.54, 1.807) is 0 Å². The summed E-state index contributed by atoms with van der Waals surface area (Å²) in [6, 6.07) is 66.8. The average Bonchev–Trinajstić information content (AvgIpc) is 3.55. The Morgan fingerprint density at radius 3 is 1.59 bits per heavy atom. The highest BCUT2D eigenvalue weighted by Crippen LogP contribution is 2.35. The van der Waals surface area contributed by atoms with Crippen molar-refractivity contribution in [2.75, 3.05) is 0 Å². The molecule has 3 nitrogen and oxygen atoms in total. The molecule has 0 saturated heterocycles. The number of benzene rings is 8. The largest absolute Gasteiger partial charge is 0.309 e. The van der Waals surface area contributed by atoms with Crippen LogP contribution in [0.25, 0.3) is 94.1 Å². The van der Waals surface area contributed by atoms with E-state index in [4.69, 9.17) is 9.97 Å². The Kier molecular flexibility index (Phi) is 6.81. The lowest BCUT2D eigenvalue weighted by atomic mass is 9.99. The molecule has 10 rings (SSSR count). The molecule has 0 aliphatic heterocycles. The summed E-state index contributed by atoms with van der Waals surface area (Å²) in [6.45, 7) is 0. The van der Waals surface area contributed by atoms with E-state index in [9.17, 15) is 0 Å². The van der Waals surface area contributed by atoms with Crippen molar-refractivity contribution in [2.45, 2.75) is 0 Å². The van der Waals surface area contributed by atoms with Gasteiger partial charge in [0.15, 0.2) is 5.82 Å². The van der Waals surface area contributed by atoms with E-state index in [-0.39, 0.29) is 0 Å². The Morgan fingerprint density at radius 2 is 0.863 bits per heavy atom. The normalized spacial score (nSPS) is 11.5. The first-order valence-corrected chi connectivity index (χ1v) is 17.3. The Balaban J connectivity index is 1.04. The van der Waals surface area contributed by atoms with E-state index < -0.39 is 0 Å². The van der Waals surface area contributed by atoms with Gasteiger partial charge in [-0.25, -0.2) is 9.97 Å². The molecule has 238 valence electrons. The molecule has 0 bridgehead atoms. The van der Waals surface area contributed by atoms with Gasteiger partial charge in [-0.05, 0) is 69.1 Å². The van der Waals surface area contributed by atoms with Crippen molar-refractivity contribution in [2.24, 2.45) is 0 Å². The maximum absolute atomic E-state index is 5.19. The van der Waals surface area contributed by atoms with Gasteiger partial charge in [0.2, 0.25) is 0 Å². The molecule has 0 unspecified atom stereocenters. The van der Waals surface area contributed by atoms with Crippen LogP contribution in [0.2, 0.25) is 0 Å². The molecule has 0 spiro atoms. The minimum atomic E-state index is 0.705. The van der Waals surface area contributed by atoms with Crippen molar-refractivity contribution in [3.8, 4) is 50.7 Å². The first-order valence-electron chi connectivity index (χ1n) is 17.3. The zero-order valence-corrected chi connectivity index (χ0v) is 27.7. The van der Waals surface area contributed by atoms with E-state index in [0.29, 0.717) is 5.82 Å². The fraction of sp³-hybridized carbons (Fsp3) is 0. The Hall–Kier alpha value is -6.84. The van der Waals surface area contributed by atoms with Crippen LogP contribution < -0.4 is 0 Å². The minimum absolute atomic E-state index is 0.705. The molecule has 8 aromatic carbocycles. The molecule has 0 amide bonds. The monoisotopic (exact) mass is 649 g/mol. The Bertz CT molecular complexity index is 2840. The molecule has 0 radical (unpaired) electrons. The van der Waals surface area contributed by atoms with Gasteiger partial charge in [-0.1, -0.05) is 152 Å². The molecule has 0 saturated carbocycles. The van der Waals surface area contributed by atoms with Gasteiger partial charge in [-0.3, -0.25) is 0 Å². The summed E-state index contributed by atoms with van der Waals surface area (Å²) < 4.78 is 2.35. The molecular formula is C48H31N3. The second-order valence-corrected chi connectivity index (χ2v) is 13.0. The second kappa shape index (κ2) is 11.9. The lowest BCUT2D eigenvalue weighted by Crippen LogP contribution is -1.96. The summed E-state index contributed by atoms with van der Waals surface area (Å²) in [6.07, 6.45) is 0. The summed E-state index contributed by atoms with van der Waals surface area (Å²) >= 11 is 0. The van der Waals surface area contributed by atoms with Crippen LogP contribution in [-0.2, 0) is 0 Å². The molecule has 3 heteroatoms. The minimum Gasteiger partial charge on any atom is -0.309 e. The fourth-order valence-electron chi connectivity index (χ4n) is 7.48. The lowest BCUT2D eigenvalue weighted by molar-refractivity contribution is 1.18. The molecule has 0 fully saturated rings. The van der Waals surface area contributed by atoms with E-state index in [1.807, 2.05) is 0 Å². The first-order chi connectivity index (χ1) is 25.3. The van der Waals surface area contributed by atoms with Crippen molar-refractivity contribution in [3.05, 3.63) is 188 Å². The highest BCUT2D eigenvalue weighted by molar-refractivity contribution is 6.09. The van der Waals surface area contributed by atoms with Crippen molar-refractivity contribution >= 4 is 43.4 Å². The van der Waals surface area contributed by atoms with Crippen LogP contribution in [-0.4, -0.2) is 14.5 Å². The van der Waals surface area contributed by atoms with Crippen LogP contribution in [0, 0.1) is 0 Å². The number of rotatable bonds is 5. The molecule has 0 atom stereocenters. The van der Waals surface area contributed by atoms with Gasteiger partial charge in [-0.15, -0.1) is 0 Å². The molecule has 0 aliphatic carbocycles. The predicted molar refractivity (Wildman–Crippen MR) is 213 cm³/mol. The highest BCUT2D eigenvalue weighted by Gasteiger charge is 2.15. The molecule has 0 aliphatic rings. The molecule has 10 aromatic rings. The standard InChI is InChI=1S/C48H31N3/c1-2-12-37-30-38(25-22-32(37)10-1)44-31-45(41-17-9-13-35-11-3-4-14-40(35)41)50-48(49-44)36-23-20-33(21-24-36)34-26-28-39(29-27-34)51-46-18-7-5-15-42(46)43-16-6-8-19-47(43)51/h1-31H. The van der Waals surface area contributed by atoms with Crippen LogP contribution in [0.1, 0.15) is 0 Å². The third kappa shape index (κ3) is 5.06. The zero-order chi connectivity index (χ0) is 33.7. The molecular weight excluding hydrogens is 619 g/mol. The van der Waals surface area contributed by atoms with Gasteiger partial charge >= 0.3 is 0 Å². The van der Waals surface area contributed by atoms with Gasteiger partial charge in [0.1, 0.15) is 0 Å². The summed E-state index contributed by atoms with van der Waals surface area (Å²) in [5.74, 6) is 0.705. The van der Waals surface area contributed by atoms with Crippen LogP contribution in [0.4, 0.5) is 0 Å². The number of aromatic nitrogens is 3. The summed E-state index contributed by atoms with van der Waals surface area (Å²) in [4.78, 5) is 10.4. The number of hydrogen-bond acceptors (Lipinski definition) is 2. The van der Waals surface area contributed by atoms with Crippen LogP contribution in [0.3, 0.4) is 0 Å². The fourth-order valence-corrected chi connectivity index (χ4v) is 7.48. The van der Waals surface area contributed by atoms with Gasteiger partial charge < -0.3 is 4.57 Å². The quantitative estimate of drug-likeness (QED) is 0.186. The summed E-state index contributed by atoms with van der Waals surface area (Å²) in [7, 11) is 0.